The van der Waals surface area contributed by atoms with Crippen LogP contribution in [0, 0.1) is 5.92 Å². The Morgan fingerprint density at radius 2 is 2.06 bits per heavy atom. The van der Waals surface area contributed by atoms with E-state index in [4.69, 9.17) is 0 Å². The van der Waals surface area contributed by atoms with Gasteiger partial charge in [-0.2, -0.15) is 0 Å². The van der Waals surface area contributed by atoms with Crippen molar-refractivity contribution in [3.63, 3.8) is 0 Å². The molecule has 1 fully saturated rings. The van der Waals surface area contributed by atoms with Gasteiger partial charge in [-0.25, -0.2) is 0 Å². The molecule has 0 saturated carbocycles. The minimum Gasteiger partial charge on any atom is -0.365 e. The molecule has 2 aliphatic heterocycles. The maximum atomic E-state index is 3.62. The molecule has 0 aromatic heterocycles. The van der Waals surface area contributed by atoms with Crippen molar-refractivity contribution in [1.82, 2.24) is 15.1 Å². The Kier molecular flexibility index (Phi) is 4.86. The Balaban J connectivity index is 1.76. The first-order chi connectivity index (χ1) is 8.31. The van der Waals surface area contributed by atoms with Crippen LogP contribution in [0.1, 0.15) is 32.6 Å². The number of hydrogen-bond acceptors (Lipinski definition) is 3. The predicted molar refractivity (Wildman–Crippen MR) is 72.8 cm³/mol. The monoisotopic (exact) mass is 237 g/mol. The summed E-state index contributed by atoms with van der Waals surface area (Å²) in [7, 11) is 2.19. The smallest absolute Gasteiger partial charge is 0.0818 e. The molecule has 3 heteroatoms. The van der Waals surface area contributed by atoms with Crippen LogP contribution in [-0.2, 0) is 0 Å². The van der Waals surface area contributed by atoms with Gasteiger partial charge in [0, 0.05) is 13.6 Å². The fourth-order valence-corrected chi connectivity index (χ4v) is 3.02. The van der Waals surface area contributed by atoms with Crippen LogP contribution in [0.25, 0.3) is 0 Å². The molecule has 98 valence electrons. The highest BCUT2D eigenvalue weighted by Gasteiger charge is 2.28. The van der Waals surface area contributed by atoms with Gasteiger partial charge in [0.05, 0.1) is 6.17 Å². The van der Waals surface area contributed by atoms with Crippen LogP contribution in [0.5, 0.6) is 0 Å². The molecular formula is C14H27N3. The molecule has 3 nitrogen and oxygen atoms in total. The molecule has 1 saturated heterocycles. The fourth-order valence-electron chi connectivity index (χ4n) is 3.02. The van der Waals surface area contributed by atoms with Crippen molar-refractivity contribution in [3.8, 4) is 0 Å². The lowest BCUT2D eigenvalue weighted by Gasteiger charge is -2.41. The molecular weight excluding hydrogens is 210 g/mol. The van der Waals surface area contributed by atoms with Crippen LogP contribution >= 0.6 is 0 Å². The molecule has 2 aliphatic rings. The lowest BCUT2D eigenvalue weighted by molar-refractivity contribution is 0.104. The van der Waals surface area contributed by atoms with E-state index in [-0.39, 0.29) is 0 Å². The number of piperidine rings is 1. The van der Waals surface area contributed by atoms with Gasteiger partial charge in [0.1, 0.15) is 0 Å². The molecule has 0 aromatic rings. The summed E-state index contributed by atoms with van der Waals surface area (Å²) < 4.78 is 0. The van der Waals surface area contributed by atoms with Crippen molar-refractivity contribution in [1.29, 1.82) is 0 Å². The van der Waals surface area contributed by atoms with Crippen molar-refractivity contribution in [2.45, 2.75) is 38.8 Å². The second kappa shape index (κ2) is 6.41. The maximum absolute atomic E-state index is 3.62. The topological polar surface area (TPSA) is 18.5 Å². The lowest BCUT2D eigenvalue weighted by atomic mass is 9.92. The second-order valence-corrected chi connectivity index (χ2v) is 5.44. The zero-order chi connectivity index (χ0) is 12.1. The summed E-state index contributed by atoms with van der Waals surface area (Å²) in [6.07, 6.45) is 10.4. The van der Waals surface area contributed by atoms with E-state index < -0.39 is 0 Å². The highest BCUT2D eigenvalue weighted by atomic mass is 15.3. The molecule has 1 unspecified atom stereocenters. The lowest BCUT2D eigenvalue weighted by Crippen LogP contribution is -2.51. The van der Waals surface area contributed by atoms with E-state index in [2.05, 4.69) is 41.4 Å². The van der Waals surface area contributed by atoms with Crippen molar-refractivity contribution < 1.29 is 0 Å². The fraction of sp³-hybridized carbons (Fsp3) is 0.857. The van der Waals surface area contributed by atoms with Crippen molar-refractivity contribution in [2.24, 2.45) is 5.92 Å². The molecule has 0 radical (unpaired) electrons. The van der Waals surface area contributed by atoms with Crippen molar-refractivity contribution in [2.75, 3.05) is 33.2 Å². The van der Waals surface area contributed by atoms with E-state index in [0.717, 1.165) is 12.5 Å². The summed E-state index contributed by atoms with van der Waals surface area (Å²) in [4.78, 5) is 4.98. The van der Waals surface area contributed by atoms with Crippen LogP contribution in [-0.4, -0.2) is 49.2 Å². The highest BCUT2D eigenvalue weighted by molar-refractivity contribution is 4.95. The Labute approximate surface area is 106 Å². The van der Waals surface area contributed by atoms with Crippen LogP contribution in [0.15, 0.2) is 12.3 Å². The second-order valence-electron chi connectivity index (χ2n) is 5.44. The first kappa shape index (κ1) is 12.9. The molecule has 1 atom stereocenters. The quantitative estimate of drug-likeness (QED) is 0.805. The van der Waals surface area contributed by atoms with E-state index >= 15 is 0 Å². The molecule has 0 aromatic carbocycles. The zero-order valence-corrected chi connectivity index (χ0v) is 11.4. The number of hydrogen-bond donors (Lipinski definition) is 1. The van der Waals surface area contributed by atoms with Gasteiger partial charge in [-0.15, -0.1) is 0 Å². The maximum Gasteiger partial charge on any atom is 0.0818 e. The van der Waals surface area contributed by atoms with Crippen LogP contribution in [0.2, 0.25) is 0 Å². The highest BCUT2D eigenvalue weighted by Crippen LogP contribution is 2.23. The van der Waals surface area contributed by atoms with E-state index in [9.17, 15) is 0 Å². The van der Waals surface area contributed by atoms with Gasteiger partial charge >= 0.3 is 0 Å². The third-order valence-corrected chi connectivity index (χ3v) is 4.13. The molecule has 0 spiro atoms. The largest absolute Gasteiger partial charge is 0.365 e. The summed E-state index contributed by atoms with van der Waals surface area (Å²) in [5.41, 5.74) is 0. The number of nitrogens with zero attached hydrogens (tertiary/aromatic N) is 2. The van der Waals surface area contributed by atoms with Gasteiger partial charge < -0.3 is 9.80 Å². The summed E-state index contributed by atoms with van der Waals surface area (Å²) in [5, 5.41) is 3.62. The van der Waals surface area contributed by atoms with E-state index in [1.807, 2.05) is 0 Å². The molecule has 0 amide bonds. The summed E-state index contributed by atoms with van der Waals surface area (Å²) >= 11 is 0. The minimum atomic E-state index is 0.563. The predicted octanol–water partition coefficient (Wildman–Crippen LogP) is 1.87. The van der Waals surface area contributed by atoms with Gasteiger partial charge in [-0.05, 0) is 51.0 Å². The summed E-state index contributed by atoms with van der Waals surface area (Å²) in [6, 6.07) is 0. The Morgan fingerprint density at radius 3 is 2.71 bits per heavy atom. The van der Waals surface area contributed by atoms with Crippen LogP contribution in [0.4, 0.5) is 0 Å². The third-order valence-electron chi connectivity index (χ3n) is 4.13. The Hall–Kier alpha value is -0.540. The summed E-state index contributed by atoms with van der Waals surface area (Å²) in [5.74, 6) is 0.822. The number of nitrogens with one attached hydrogen (secondary N) is 1. The Morgan fingerprint density at radius 1 is 1.29 bits per heavy atom. The van der Waals surface area contributed by atoms with Gasteiger partial charge in [-0.3, -0.25) is 5.32 Å². The van der Waals surface area contributed by atoms with E-state index in [1.54, 1.807) is 0 Å². The zero-order valence-electron chi connectivity index (χ0n) is 11.4. The summed E-state index contributed by atoms with van der Waals surface area (Å²) in [6.45, 7) is 7.20. The molecule has 1 N–H and O–H groups in total. The molecule has 2 rings (SSSR count). The first-order valence-corrected chi connectivity index (χ1v) is 7.15. The minimum absolute atomic E-state index is 0.563. The van der Waals surface area contributed by atoms with Gasteiger partial charge in [0.15, 0.2) is 0 Å². The van der Waals surface area contributed by atoms with Crippen LogP contribution in [0.3, 0.4) is 0 Å². The first-order valence-electron chi connectivity index (χ1n) is 7.15. The molecule has 0 bridgehead atoms. The van der Waals surface area contributed by atoms with E-state index in [0.29, 0.717) is 6.17 Å². The van der Waals surface area contributed by atoms with Crippen molar-refractivity contribution in [3.05, 3.63) is 12.3 Å². The number of unbranched alkanes of at least 4 members (excludes halogenated alkanes) is 1. The molecule has 17 heavy (non-hydrogen) atoms. The number of likely N-dealkylation sites (tertiary alicyclic amines) is 1. The van der Waals surface area contributed by atoms with Crippen molar-refractivity contribution >= 4 is 0 Å². The standard InChI is InChI=1S/C14H27N3/c1-3-4-10-17-11-6-13(7-12-17)14-15-8-5-9-16(14)2/h5,9,13-15H,3-4,6-8,10-12H2,1-2H3. The Bertz CT molecular complexity index is 244. The van der Waals surface area contributed by atoms with Crippen LogP contribution < -0.4 is 5.32 Å². The number of rotatable bonds is 4. The SMILES string of the molecule is CCCCN1CCC(C2NCC=CN2C)CC1. The average molecular weight is 237 g/mol. The third kappa shape index (κ3) is 3.46. The van der Waals surface area contributed by atoms with Gasteiger partial charge in [0.25, 0.3) is 0 Å². The van der Waals surface area contributed by atoms with E-state index in [1.165, 1.54) is 45.3 Å². The van der Waals surface area contributed by atoms with Gasteiger partial charge in [-0.1, -0.05) is 19.4 Å². The normalized spacial score (nSPS) is 27.6. The molecule has 0 aliphatic carbocycles. The molecule has 2 heterocycles. The van der Waals surface area contributed by atoms with Gasteiger partial charge in [0.2, 0.25) is 0 Å². The average Bonchev–Trinajstić information content (AvgIpc) is 2.38.